The predicted octanol–water partition coefficient (Wildman–Crippen LogP) is 2.11. The number of aromatic nitrogens is 1. The molecular weight excluding hydrogens is 334 g/mol. The van der Waals surface area contributed by atoms with Gasteiger partial charge in [-0.05, 0) is 56.0 Å². The summed E-state index contributed by atoms with van der Waals surface area (Å²) >= 11 is 1.68. The molecule has 0 bridgehead atoms. The number of rotatable bonds is 3. The molecule has 3 saturated heterocycles. The van der Waals surface area contributed by atoms with Crippen molar-refractivity contribution in [2.24, 2.45) is 11.8 Å². The third-order valence-electron chi connectivity index (χ3n) is 5.95. The minimum atomic E-state index is -0.0473. The first-order valence-electron chi connectivity index (χ1n) is 9.28. The van der Waals surface area contributed by atoms with Gasteiger partial charge in [0.2, 0.25) is 5.91 Å². The number of piperidine rings is 1. The Labute approximate surface area is 152 Å². The Morgan fingerprint density at radius 1 is 1.28 bits per heavy atom. The fraction of sp³-hybridized carbons (Fsp3) is 0.579. The maximum atomic E-state index is 12.8. The Balaban J connectivity index is 1.51. The molecule has 6 heteroatoms. The Hall–Kier alpha value is -1.53. The summed E-state index contributed by atoms with van der Waals surface area (Å²) in [5, 5.41) is 3.30. The van der Waals surface area contributed by atoms with E-state index in [-0.39, 0.29) is 23.1 Å². The number of ether oxygens (including phenoxy) is 1. The topological polar surface area (TPSA) is 54.5 Å². The van der Waals surface area contributed by atoms with Crippen molar-refractivity contribution in [3.05, 3.63) is 35.8 Å². The van der Waals surface area contributed by atoms with Gasteiger partial charge in [-0.2, -0.15) is 0 Å². The molecule has 3 fully saturated rings. The molecule has 1 N–H and O–H groups in total. The molecule has 0 saturated carbocycles. The summed E-state index contributed by atoms with van der Waals surface area (Å²) < 4.78 is 6.22. The summed E-state index contributed by atoms with van der Waals surface area (Å²) in [6, 6.07) is 4.29. The molecule has 4 unspecified atom stereocenters. The molecule has 4 aliphatic rings. The van der Waals surface area contributed by atoms with E-state index in [9.17, 15) is 4.79 Å². The highest BCUT2D eigenvalue weighted by molar-refractivity contribution is 8.09. The summed E-state index contributed by atoms with van der Waals surface area (Å²) in [4.78, 5) is 20.6. The maximum absolute atomic E-state index is 12.8. The molecule has 0 spiro atoms. The number of pyridine rings is 1. The monoisotopic (exact) mass is 357 g/mol. The van der Waals surface area contributed by atoms with Gasteiger partial charge in [-0.15, -0.1) is 11.8 Å². The number of allylic oxidation sites excluding steroid dienone is 1. The summed E-state index contributed by atoms with van der Waals surface area (Å²) in [5.74, 6) is 1.94. The first-order chi connectivity index (χ1) is 12.3. The van der Waals surface area contributed by atoms with Crippen molar-refractivity contribution >= 4 is 22.6 Å². The van der Waals surface area contributed by atoms with Gasteiger partial charge in [0.25, 0.3) is 0 Å². The number of hydrogen-bond acceptors (Lipinski definition) is 5. The van der Waals surface area contributed by atoms with Gasteiger partial charge < -0.3 is 15.0 Å². The van der Waals surface area contributed by atoms with Crippen LogP contribution in [-0.4, -0.2) is 53.3 Å². The van der Waals surface area contributed by atoms with E-state index in [1.165, 1.54) is 19.5 Å². The number of hydrogen-bond donors (Lipinski definition) is 1. The van der Waals surface area contributed by atoms with Crippen LogP contribution in [0.5, 0.6) is 0 Å². The third kappa shape index (κ3) is 2.66. The Bertz CT molecular complexity index is 704. The van der Waals surface area contributed by atoms with E-state index in [1.54, 1.807) is 11.8 Å². The predicted molar refractivity (Wildman–Crippen MR) is 97.7 cm³/mol. The number of nitrogens with zero attached hydrogens (tertiary/aromatic N) is 2. The van der Waals surface area contributed by atoms with Gasteiger partial charge >= 0.3 is 0 Å². The van der Waals surface area contributed by atoms with Crippen molar-refractivity contribution in [1.82, 2.24) is 15.2 Å². The van der Waals surface area contributed by atoms with E-state index < -0.39 is 0 Å². The molecule has 0 aromatic carbocycles. The van der Waals surface area contributed by atoms with Gasteiger partial charge in [0.15, 0.2) is 0 Å². The second-order valence-corrected chi connectivity index (χ2v) is 8.57. The summed E-state index contributed by atoms with van der Waals surface area (Å²) in [6.45, 7) is 4.09. The van der Waals surface area contributed by atoms with Gasteiger partial charge in [0.1, 0.15) is 5.76 Å². The van der Waals surface area contributed by atoms with Gasteiger partial charge in [-0.25, -0.2) is 0 Å². The molecule has 132 valence electrons. The number of likely N-dealkylation sites (tertiary alicyclic amines) is 1. The lowest BCUT2D eigenvalue weighted by Crippen LogP contribution is -2.60. The van der Waals surface area contributed by atoms with Crippen molar-refractivity contribution in [2.45, 2.75) is 30.6 Å². The van der Waals surface area contributed by atoms with Gasteiger partial charge in [-0.3, -0.25) is 9.78 Å². The number of carbonyl (C=O) groups is 1. The Morgan fingerprint density at radius 2 is 2.12 bits per heavy atom. The lowest BCUT2D eigenvalue weighted by Gasteiger charge is -2.43. The molecule has 5 rings (SSSR count). The van der Waals surface area contributed by atoms with Gasteiger partial charge in [0.05, 0.1) is 16.8 Å². The van der Waals surface area contributed by atoms with Crippen LogP contribution in [0.4, 0.5) is 0 Å². The van der Waals surface area contributed by atoms with E-state index in [2.05, 4.69) is 15.2 Å². The van der Waals surface area contributed by atoms with Crippen LogP contribution in [0.2, 0.25) is 0 Å². The molecule has 1 amide bonds. The lowest BCUT2D eigenvalue weighted by atomic mass is 9.76. The molecule has 4 atom stereocenters. The molecule has 1 aromatic rings. The highest BCUT2D eigenvalue weighted by atomic mass is 32.2. The Morgan fingerprint density at radius 3 is 2.88 bits per heavy atom. The minimum Gasteiger partial charge on any atom is -0.496 e. The second kappa shape index (κ2) is 6.32. The highest BCUT2D eigenvalue weighted by Crippen LogP contribution is 2.54. The third-order valence-corrected chi connectivity index (χ3v) is 7.38. The first-order valence-corrected chi connectivity index (χ1v) is 10.2. The van der Waals surface area contributed by atoms with E-state index in [0.717, 1.165) is 42.2 Å². The SMILES string of the molecule is O=C1NC(CN2CCC2)C2CCCOC3=C(c4ccncc4)SC1C32. The quantitative estimate of drug-likeness (QED) is 0.898. The van der Waals surface area contributed by atoms with Crippen LogP contribution in [0.25, 0.3) is 4.91 Å². The van der Waals surface area contributed by atoms with Crippen molar-refractivity contribution in [3.63, 3.8) is 0 Å². The average Bonchev–Trinajstić information content (AvgIpc) is 2.84. The number of carbonyl (C=O) groups excluding carboxylic acids is 1. The standard InChI is InChI=1S/C19H23N3O2S/c23-19-18-15-13(14(21-19)11-22-8-2-9-22)3-1-10-24-16(15)17(25-18)12-4-6-20-7-5-12/h4-7,13-15,18H,1-3,8-11H2,(H,21,23). The van der Waals surface area contributed by atoms with Crippen molar-refractivity contribution in [2.75, 3.05) is 26.2 Å². The van der Waals surface area contributed by atoms with Crippen molar-refractivity contribution in [3.8, 4) is 0 Å². The zero-order valence-corrected chi connectivity index (χ0v) is 15.0. The zero-order chi connectivity index (χ0) is 16.8. The van der Waals surface area contributed by atoms with E-state index in [4.69, 9.17) is 4.74 Å². The van der Waals surface area contributed by atoms with Crippen LogP contribution in [0, 0.1) is 11.8 Å². The zero-order valence-electron chi connectivity index (χ0n) is 14.2. The van der Waals surface area contributed by atoms with Gasteiger partial charge in [0, 0.05) is 30.9 Å². The van der Waals surface area contributed by atoms with E-state index in [0.29, 0.717) is 5.92 Å². The molecular formula is C19H23N3O2S. The molecule has 4 aliphatic heterocycles. The summed E-state index contributed by atoms with van der Waals surface area (Å²) in [5.41, 5.74) is 1.12. The van der Waals surface area contributed by atoms with Crippen LogP contribution >= 0.6 is 11.8 Å². The fourth-order valence-electron chi connectivity index (χ4n) is 4.59. The molecule has 25 heavy (non-hydrogen) atoms. The van der Waals surface area contributed by atoms with E-state index in [1.807, 2.05) is 24.5 Å². The minimum absolute atomic E-state index is 0.0473. The van der Waals surface area contributed by atoms with Crippen LogP contribution in [0.3, 0.4) is 0 Å². The van der Waals surface area contributed by atoms with Crippen LogP contribution < -0.4 is 5.32 Å². The van der Waals surface area contributed by atoms with Crippen molar-refractivity contribution in [1.29, 1.82) is 0 Å². The molecule has 5 nitrogen and oxygen atoms in total. The van der Waals surface area contributed by atoms with Crippen LogP contribution in [0.1, 0.15) is 24.8 Å². The largest absolute Gasteiger partial charge is 0.496 e. The summed E-state index contributed by atoms with van der Waals surface area (Å²) in [7, 11) is 0. The normalized spacial score (nSPS) is 34.6. The van der Waals surface area contributed by atoms with E-state index >= 15 is 0 Å². The number of nitrogens with one attached hydrogen (secondary N) is 1. The van der Waals surface area contributed by atoms with Crippen LogP contribution in [0.15, 0.2) is 30.3 Å². The molecule has 1 aromatic heterocycles. The van der Waals surface area contributed by atoms with Gasteiger partial charge in [-0.1, -0.05) is 0 Å². The highest BCUT2D eigenvalue weighted by Gasteiger charge is 2.52. The average molecular weight is 357 g/mol. The molecule has 0 radical (unpaired) electrons. The lowest BCUT2D eigenvalue weighted by molar-refractivity contribution is -0.125. The summed E-state index contributed by atoms with van der Waals surface area (Å²) in [6.07, 6.45) is 7.11. The van der Waals surface area contributed by atoms with Crippen LogP contribution in [-0.2, 0) is 9.53 Å². The smallest absolute Gasteiger partial charge is 0.234 e. The van der Waals surface area contributed by atoms with Crippen molar-refractivity contribution < 1.29 is 9.53 Å². The number of thioether (sulfide) groups is 1. The second-order valence-electron chi connectivity index (χ2n) is 7.42. The molecule has 0 aliphatic carbocycles. The maximum Gasteiger partial charge on any atom is 0.234 e. The molecule has 5 heterocycles. The number of amides is 1. The fourth-order valence-corrected chi connectivity index (χ4v) is 6.07. The Kier molecular flexibility index (Phi) is 3.97. The first kappa shape index (κ1) is 15.7.